The maximum Gasteiger partial charge on any atom is 0.257 e. The van der Waals surface area contributed by atoms with Crippen LogP contribution in [0, 0.1) is 0 Å². The van der Waals surface area contributed by atoms with Crippen molar-refractivity contribution in [2.24, 2.45) is 0 Å². The van der Waals surface area contributed by atoms with E-state index < -0.39 is 6.71 Å². The van der Waals surface area contributed by atoms with E-state index in [-0.39, 0.29) is 0 Å². The van der Waals surface area contributed by atoms with E-state index in [1.54, 1.807) is 0 Å². The van der Waals surface area contributed by atoms with Crippen molar-refractivity contribution in [2.75, 3.05) is 9.80 Å². The summed E-state index contributed by atoms with van der Waals surface area (Å²) in [5.41, 5.74) is 30.1. The van der Waals surface area contributed by atoms with Gasteiger partial charge in [-0.15, -0.1) is 0 Å². The minimum Gasteiger partial charge on any atom is -0.456 e. The zero-order valence-corrected chi connectivity index (χ0v) is 55.9. The monoisotopic (exact) mass is 1310 g/mol. The molecule has 20 aromatic rings. The van der Waals surface area contributed by atoms with Gasteiger partial charge in [-0.1, -0.05) is 291 Å². The van der Waals surface area contributed by atoms with E-state index in [9.17, 15) is 0 Å². The molecule has 4 aromatic heterocycles. The Kier molecular flexibility index (Phi) is 12.5. The smallest absolute Gasteiger partial charge is 0.257 e. The molecule has 2 aliphatic rings. The summed E-state index contributed by atoms with van der Waals surface area (Å²) in [6, 6.07) is 135. The summed E-state index contributed by atoms with van der Waals surface area (Å²) in [5.74, 6) is 0. The maximum atomic E-state index is 7.92. The number of fused-ring (bicyclic) bond motifs is 17. The zero-order chi connectivity index (χ0) is 67.4. The van der Waals surface area contributed by atoms with Gasteiger partial charge in [0, 0.05) is 88.4 Å². The molecule has 0 aliphatic carbocycles. The van der Waals surface area contributed by atoms with Gasteiger partial charge in [0.25, 0.3) is 6.71 Å². The Balaban J connectivity index is 0.981. The van der Waals surface area contributed by atoms with Gasteiger partial charge in [-0.2, -0.15) is 0 Å². The molecule has 0 spiro atoms. The summed E-state index contributed by atoms with van der Waals surface area (Å²) in [5, 5.41) is 9.26. The van der Waals surface area contributed by atoms with E-state index in [0.717, 1.165) is 167 Å². The quantitative estimate of drug-likeness (QED) is 0.135. The SMILES string of the molecule is c1ccc(-c2cccc(-c3ccccc3)c2N2c3cc(-n4c5ccccc5c5ccccc54)ccc3B3c4c2cc(-n2c5ccccc5c5ccccc52)cc4N(c2c(-c4ccccc4)cccc2-c2ccccc2)c2cc(-n4c5ccccc5c5ccccc54)c4c(oc5ccccc54)c23)cc1. The highest BCUT2D eigenvalue weighted by Gasteiger charge is 2.48. The number of rotatable bonds is 9. The Hall–Kier alpha value is -13.6. The highest BCUT2D eigenvalue weighted by atomic mass is 16.3. The van der Waals surface area contributed by atoms with Crippen molar-refractivity contribution >= 4 is 145 Å². The lowest BCUT2D eigenvalue weighted by atomic mass is 9.33. The zero-order valence-electron chi connectivity index (χ0n) is 55.9. The second kappa shape index (κ2) is 22.5. The Morgan fingerprint density at radius 3 is 0.981 bits per heavy atom. The lowest BCUT2D eigenvalue weighted by Gasteiger charge is -2.46. The first kappa shape index (κ1) is 57.3. The first-order valence-corrected chi connectivity index (χ1v) is 35.5. The molecule has 6 heterocycles. The van der Waals surface area contributed by atoms with Crippen LogP contribution < -0.4 is 26.2 Å². The van der Waals surface area contributed by atoms with E-state index in [1.807, 2.05) is 0 Å². The van der Waals surface area contributed by atoms with Gasteiger partial charge in [0.05, 0.1) is 61.2 Å². The van der Waals surface area contributed by atoms with Gasteiger partial charge in [0.15, 0.2) is 0 Å². The lowest BCUT2D eigenvalue weighted by Crippen LogP contribution is -2.61. The van der Waals surface area contributed by atoms with Crippen molar-refractivity contribution in [1.29, 1.82) is 0 Å². The van der Waals surface area contributed by atoms with Crippen molar-refractivity contribution in [3.05, 3.63) is 364 Å². The molecule has 0 N–H and O–H groups in total. The highest BCUT2D eigenvalue weighted by molar-refractivity contribution is 7.01. The minimum atomic E-state index is -0.426. The molecule has 6 nitrogen and oxygen atoms in total. The van der Waals surface area contributed by atoms with Crippen LogP contribution in [0.5, 0.6) is 0 Å². The summed E-state index contributed by atoms with van der Waals surface area (Å²) in [7, 11) is 0. The molecule has 0 radical (unpaired) electrons. The molecule has 7 heteroatoms. The summed E-state index contributed by atoms with van der Waals surface area (Å²) in [4.78, 5) is 5.35. The number of para-hydroxylation sites is 9. The number of anilines is 6. The largest absolute Gasteiger partial charge is 0.456 e. The number of hydrogen-bond donors (Lipinski definition) is 0. The van der Waals surface area contributed by atoms with Crippen LogP contribution in [-0.4, -0.2) is 20.4 Å². The molecule has 103 heavy (non-hydrogen) atoms. The van der Waals surface area contributed by atoms with Gasteiger partial charge in [-0.25, -0.2) is 0 Å². The molecule has 0 saturated carbocycles. The highest BCUT2D eigenvalue weighted by Crippen LogP contribution is 2.56. The molecule has 0 atom stereocenters. The molecule has 478 valence electrons. The third-order valence-corrected chi connectivity index (χ3v) is 22.0. The molecule has 0 saturated heterocycles. The second-order valence-electron chi connectivity index (χ2n) is 27.4. The van der Waals surface area contributed by atoms with Crippen LogP contribution in [0.3, 0.4) is 0 Å². The van der Waals surface area contributed by atoms with Crippen LogP contribution in [-0.2, 0) is 0 Å². The molecule has 0 fully saturated rings. The fourth-order valence-electron chi connectivity index (χ4n) is 17.8. The summed E-state index contributed by atoms with van der Waals surface area (Å²) in [6.45, 7) is -0.426. The number of nitrogens with zero attached hydrogens (tertiary/aromatic N) is 5. The number of hydrogen-bond acceptors (Lipinski definition) is 3. The van der Waals surface area contributed by atoms with E-state index in [0.29, 0.717) is 0 Å². The summed E-state index contributed by atoms with van der Waals surface area (Å²) < 4.78 is 15.4. The van der Waals surface area contributed by atoms with Crippen molar-refractivity contribution in [1.82, 2.24) is 13.7 Å². The van der Waals surface area contributed by atoms with Crippen LogP contribution in [0.2, 0.25) is 0 Å². The number of furan rings is 1. The Bertz CT molecular complexity index is 6590. The van der Waals surface area contributed by atoms with Gasteiger partial charge in [0.2, 0.25) is 0 Å². The predicted molar refractivity (Wildman–Crippen MR) is 433 cm³/mol. The van der Waals surface area contributed by atoms with Crippen LogP contribution in [0.4, 0.5) is 34.1 Å². The average molecular weight is 1310 g/mol. The molecule has 0 bridgehead atoms. The van der Waals surface area contributed by atoms with E-state index in [2.05, 4.69) is 387 Å². The van der Waals surface area contributed by atoms with Crippen LogP contribution in [0.25, 0.3) is 149 Å². The molecular formula is C96H60BN5O. The topological polar surface area (TPSA) is 34.4 Å². The third kappa shape index (κ3) is 8.39. The summed E-state index contributed by atoms with van der Waals surface area (Å²) >= 11 is 0. The van der Waals surface area contributed by atoms with Gasteiger partial charge in [0.1, 0.15) is 11.2 Å². The van der Waals surface area contributed by atoms with Crippen LogP contribution in [0.15, 0.2) is 368 Å². The van der Waals surface area contributed by atoms with Crippen LogP contribution >= 0.6 is 0 Å². The first-order chi connectivity index (χ1) is 51.2. The number of aromatic nitrogens is 3. The minimum absolute atomic E-state index is 0.426. The third-order valence-electron chi connectivity index (χ3n) is 22.0. The van der Waals surface area contributed by atoms with Crippen molar-refractivity contribution < 1.29 is 4.42 Å². The van der Waals surface area contributed by atoms with Crippen molar-refractivity contribution in [3.63, 3.8) is 0 Å². The average Bonchev–Trinajstić information content (AvgIpc) is 1.57. The maximum absolute atomic E-state index is 7.92. The molecule has 0 amide bonds. The Morgan fingerprint density at radius 1 is 0.233 bits per heavy atom. The van der Waals surface area contributed by atoms with Crippen molar-refractivity contribution in [2.45, 2.75) is 0 Å². The second-order valence-corrected chi connectivity index (χ2v) is 27.4. The molecule has 22 rings (SSSR count). The first-order valence-electron chi connectivity index (χ1n) is 35.5. The van der Waals surface area contributed by atoms with E-state index in [4.69, 9.17) is 4.42 Å². The van der Waals surface area contributed by atoms with Gasteiger partial charge in [-0.3, -0.25) is 0 Å². The standard InChI is InChI=1S/C96H60BN5O/c1-5-29-61(30-6-1)67-44-27-45-68(62-31-7-2-8-32-62)94(67)101-85-57-65(98-79-48-20-13-37-71(79)72-38-14-21-49-80(72)98)55-56-78(85)97-92-87(101)58-66(99-81-50-22-15-39-73(81)74-40-16-23-51-82(74)99)59-88(92)102(95-69(63-33-9-3-10-34-63)46-28-47-70(95)64-35-11-4-12-36-64)89-60-86(91-77-43-19-26-54-90(77)103-96(91)93(89)97)100-83-52-24-17-41-75(83)76-42-18-25-53-84(76)100/h1-60H. The summed E-state index contributed by atoms with van der Waals surface area (Å²) in [6.07, 6.45) is 0. The normalized spacial score (nSPS) is 12.6. The number of benzene rings is 16. The van der Waals surface area contributed by atoms with Gasteiger partial charge in [-0.05, 0) is 111 Å². The van der Waals surface area contributed by atoms with Gasteiger partial charge >= 0.3 is 0 Å². The molecular weight excluding hydrogens is 1250 g/mol. The fourth-order valence-corrected chi connectivity index (χ4v) is 17.8. The predicted octanol–water partition coefficient (Wildman–Crippen LogP) is 23.6. The molecule has 0 unspecified atom stereocenters. The van der Waals surface area contributed by atoms with E-state index in [1.165, 1.54) is 32.3 Å². The Morgan fingerprint density at radius 2 is 0.563 bits per heavy atom. The Labute approximate surface area is 594 Å². The van der Waals surface area contributed by atoms with E-state index >= 15 is 0 Å². The van der Waals surface area contributed by atoms with Gasteiger partial charge < -0.3 is 27.9 Å². The lowest BCUT2D eigenvalue weighted by molar-refractivity contribution is 0.671. The molecule has 2 aliphatic heterocycles. The van der Waals surface area contributed by atoms with Crippen molar-refractivity contribution in [3.8, 4) is 61.6 Å². The fraction of sp³-hybridized carbons (Fsp3) is 0. The molecule has 16 aromatic carbocycles. The van der Waals surface area contributed by atoms with Crippen LogP contribution in [0.1, 0.15) is 0 Å².